The molecule has 0 aliphatic rings. The topological polar surface area (TPSA) is 93.2 Å². The van der Waals surface area contributed by atoms with E-state index in [0.717, 1.165) is 5.56 Å². The monoisotopic (exact) mass is 390 g/mol. The Morgan fingerprint density at radius 1 is 1.00 bits per heavy atom. The highest BCUT2D eigenvalue weighted by molar-refractivity contribution is 5.95. The molecule has 1 amide bonds. The van der Waals surface area contributed by atoms with Crippen molar-refractivity contribution in [3.05, 3.63) is 71.9 Å². The average molecular weight is 390 g/mol. The Bertz CT molecular complexity index is 1010. The maximum Gasteiger partial charge on any atom is 0.270 e. The number of amides is 1. The zero-order valence-corrected chi connectivity index (χ0v) is 16.3. The number of rotatable bonds is 8. The van der Waals surface area contributed by atoms with Crippen LogP contribution in [0.25, 0.3) is 11.4 Å². The van der Waals surface area contributed by atoms with Crippen LogP contribution in [-0.4, -0.2) is 41.9 Å². The minimum Gasteiger partial charge on any atom is -0.383 e. The third-order valence-electron chi connectivity index (χ3n) is 4.12. The first-order chi connectivity index (χ1) is 14.1. The molecular formula is C22H22N4O3. The molecule has 148 valence electrons. The Hall–Kier alpha value is -3.58. The number of hydrogen-bond donors (Lipinski definition) is 2. The van der Waals surface area contributed by atoms with Gasteiger partial charge in [0, 0.05) is 36.5 Å². The highest BCUT2D eigenvalue weighted by Gasteiger charge is 2.13. The van der Waals surface area contributed by atoms with Crippen molar-refractivity contribution in [2.24, 2.45) is 0 Å². The lowest BCUT2D eigenvalue weighted by atomic mass is 10.1. The van der Waals surface area contributed by atoms with Crippen LogP contribution in [-0.2, 0) is 4.74 Å². The number of nitrogens with one attached hydrogen (secondary N) is 2. The number of carbonyl (C=O) groups excluding carboxylic acids is 2. The summed E-state index contributed by atoms with van der Waals surface area (Å²) >= 11 is 0. The standard InChI is InChI=1S/C22H22N4O3/c1-15(27)17-9-6-10-18(13-17)24-20-14-19(22(28)23-11-12-29-2)25-21(26-20)16-7-4-3-5-8-16/h3-10,13-14H,11-12H2,1-2H3,(H,23,28)(H,24,25,26). The summed E-state index contributed by atoms with van der Waals surface area (Å²) in [6.45, 7) is 2.30. The number of ketones is 1. The molecule has 0 saturated heterocycles. The molecule has 0 aliphatic carbocycles. The maximum atomic E-state index is 12.5. The molecular weight excluding hydrogens is 368 g/mol. The zero-order valence-electron chi connectivity index (χ0n) is 16.3. The highest BCUT2D eigenvalue weighted by atomic mass is 16.5. The van der Waals surface area contributed by atoms with E-state index in [4.69, 9.17) is 4.74 Å². The molecule has 0 atom stereocenters. The Morgan fingerprint density at radius 2 is 1.79 bits per heavy atom. The lowest BCUT2D eigenvalue weighted by Crippen LogP contribution is -2.28. The lowest BCUT2D eigenvalue weighted by Gasteiger charge is -2.11. The molecule has 0 spiro atoms. The number of anilines is 2. The number of methoxy groups -OCH3 is 1. The molecule has 1 aromatic heterocycles. The van der Waals surface area contributed by atoms with E-state index in [1.54, 1.807) is 31.4 Å². The summed E-state index contributed by atoms with van der Waals surface area (Å²) in [6.07, 6.45) is 0. The third-order valence-corrected chi connectivity index (χ3v) is 4.12. The van der Waals surface area contributed by atoms with Crippen LogP contribution in [0.4, 0.5) is 11.5 Å². The number of Topliss-reactive ketones (excluding diaryl/α,β-unsaturated/α-hetero) is 1. The fraction of sp³-hybridized carbons (Fsp3) is 0.182. The van der Waals surface area contributed by atoms with E-state index in [1.807, 2.05) is 36.4 Å². The largest absolute Gasteiger partial charge is 0.383 e. The van der Waals surface area contributed by atoms with Gasteiger partial charge < -0.3 is 15.4 Å². The van der Waals surface area contributed by atoms with E-state index in [0.29, 0.717) is 36.0 Å². The normalized spacial score (nSPS) is 10.4. The second-order valence-corrected chi connectivity index (χ2v) is 6.34. The van der Waals surface area contributed by atoms with Gasteiger partial charge in [-0.25, -0.2) is 9.97 Å². The fourth-order valence-corrected chi connectivity index (χ4v) is 2.66. The van der Waals surface area contributed by atoms with Crippen molar-refractivity contribution in [3.8, 4) is 11.4 Å². The summed E-state index contributed by atoms with van der Waals surface area (Å²) in [7, 11) is 1.57. The van der Waals surface area contributed by atoms with Gasteiger partial charge >= 0.3 is 0 Å². The predicted molar refractivity (Wildman–Crippen MR) is 111 cm³/mol. The number of ether oxygens (including phenoxy) is 1. The van der Waals surface area contributed by atoms with Crippen LogP contribution in [0.3, 0.4) is 0 Å². The fourth-order valence-electron chi connectivity index (χ4n) is 2.66. The number of benzene rings is 2. The quantitative estimate of drug-likeness (QED) is 0.452. The smallest absolute Gasteiger partial charge is 0.270 e. The van der Waals surface area contributed by atoms with Gasteiger partial charge in [0.2, 0.25) is 0 Å². The van der Waals surface area contributed by atoms with E-state index < -0.39 is 0 Å². The second kappa shape index (κ2) is 9.57. The Morgan fingerprint density at radius 3 is 2.52 bits per heavy atom. The Balaban J connectivity index is 1.95. The maximum absolute atomic E-state index is 12.5. The van der Waals surface area contributed by atoms with E-state index in [-0.39, 0.29) is 17.4 Å². The van der Waals surface area contributed by atoms with E-state index in [2.05, 4.69) is 20.6 Å². The predicted octanol–water partition coefficient (Wildman–Crippen LogP) is 3.47. The van der Waals surface area contributed by atoms with Crippen LogP contribution in [0.1, 0.15) is 27.8 Å². The first kappa shape index (κ1) is 20.2. The number of nitrogens with zero attached hydrogens (tertiary/aromatic N) is 2. The molecule has 3 aromatic rings. The van der Waals surface area contributed by atoms with Crippen LogP contribution in [0.2, 0.25) is 0 Å². The van der Waals surface area contributed by atoms with Gasteiger partial charge in [-0.1, -0.05) is 42.5 Å². The summed E-state index contributed by atoms with van der Waals surface area (Å²) in [5.74, 6) is 0.536. The van der Waals surface area contributed by atoms with Crippen molar-refractivity contribution in [1.29, 1.82) is 0 Å². The van der Waals surface area contributed by atoms with Gasteiger partial charge in [-0.2, -0.15) is 0 Å². The Labute approximate surface area is 169 Å². The van der Waals surface area contributed by atoms with Crippen LogP contribution in [0.5, 0.6) is 0 Å². The molecule has 0 unspecified atom stereocenters. The van der Waals surface area contributed by atoms with Crippen molar-refractivity contribution in [2.45, 2.75) is 6.92 Å². The summed E-state index contributed by atoms with van der Waals surface area (Å²) in [5, 5.41) is 5.93. The van der Waals surface area contributed by atoms with E-state index in [1.165, 1.54) is 6.92 Å². The number of aromatic nitrogens is 2. The first-order valence-corrected chi connectivity index (χ1v) is 9.16. The number of carbonyl (C=O) groups is 2. The molecule has 0 aliphatic heterocycles. The van der Waals surface area contributed by atoms with Crippen molar-refractivity contribution in [2.75, 3.05) is 25.6 Å². The van der Waals surface area contributed by atoms with Crippen LogP contribution in [0.15, 0.2) is 60.7 Å². The van der Waals surface area contributed by atoms with E-state index in [9.17, 15) is 9.59 Å². The number of hydrogen-bond acceptors (Lipinski definition) is 6. The molecule has 2 aromatic carbocycles. The molecule has 0 fully saturated rings. The van der Waals surface area contributed by atoms with E-state index >= 15 is 0 Å². The van der Waals surface area contributed by atoms with Gasteiger partial charge in [0.15, 0.2) is 11.6 Å². The van der Waals surface area contributed by atoms with Crippen molar-refractivity contribution in [1.82, 2.24) is 15.3 Å². The highest BCUT2D eigenvalue weighted by Crippen LogP contribution is 2.21. The van der Waals surface area contributed by atoms with Crippen molar-refractivity contribution < 1.29 is 14.3 Å². The van der Waals surface area contributed by atoms with Crippen LogP contribution < -0.4 is 10.6 Å². The van der Waals surface area contributed by atoms with Gasteiger partial charge in [0.25, 0.3) is 5.91 Å². The molecule has 29 heavy (non-hydrogen) atoms. The molecule has 0 saturated carbocycles. The molecule has 7 heteroatoms. The molecule has 2 N–H and O–H groups in total. The van der Waals surface area contributed by atoms with Crippen molar-refractivity contribution in [3.63, 3.8) is 0 Å². The third kappa shape index (κ3) is 5.46. The minimum atomic E-state index is -0.317. The first-order valence-electron chi connectivity index (χ1n) is 9.16. The van der Waals surface area contributed by atoms with Crippen LogP contribution >= 0.6 is 0 Å². The molecule has 7 nitrogen and oxygen atoms in total. The SMILES string of the molecule is COCCNC(=O)c1cc(Nc2cccc(C(C)=O)c2)nc(-c2ccccc2)n1. The van der Waals surface area contributed by atoms with Gasteiger partial charge in [0.1, 0.15) is 11.5 Å². The average Bonchev–Trinajstić information content (AvgIpc) is 2.74. The summed E-state index contributed by atoms with van der Waals surface area (Å²) in [6, 6.07) is 18.1. The summed E-state index contributed by atoms with van der Waals surface area (Å²) in [4.78, 5) is 33.1. The second-order valence-electron chi connectivity index (χ2n) is 6.34. The van der Waals surface area contributed by atoms with Gasteiger partial charge in [-0.3, -0.25) is 9.59 Å². The van der Waals surface area contributed by atoms with Crippen molar-refractivity contribution >= 4 is 23.2 Å². The molecule has 0 bridgehead atoms. The molecule has 0 radical (unpaired) electrons. The van der Waals surface area contributed by atoms with Gasteiger partial charge in [-0.15, -0.1) is 0 Å². The minimum absolute atomic E-state index is 0.0282. The lowest BCUT2D eigenvalue weighted by molar-refractivity contribution is 0.0931. The Kier molecular flexibility index (Phi) is 6.65. The van der Waals surface area contributed by atoms with Gasteiger partial charge in [0.05, 0.1) is 6.61 Å². The van der Waals surface area contributed by atoms with Gasteiger partial charge in [-0.05, 0) is 19.1 Å². The summed E-state index contributed by atoms with van der Waals surface area (Å²) in [5.41, 5.74) is 2.31. The van der Waals surface area contributed by atoms with Crippen LogP contribution in [0, 0.1) is 0 Å². The zero-order chi connectivity index (χ0) is 20.6. The summed E-state index contributed by atoms with van der Waals surface area (Å²) < 4.78 is 4.97. The molecule has 3 rings (SSSR count). The molecule has 1 heterocycles.